The Morgan fingerprint density at radius 3 is 2.88 bits per heavy atom. The normalized spacial score (nSPS) is 20.0. The number of aliphatic hydroxyl groups is 1. The van der Waals surface area contributed by atoms with Crippen LogP contribution in [-0.2, 0) is 11.2 Å². The van der Waals surface area contributed by atoms with E-state index in [1.54, 1.807) is 31.5 Å². The van der Waals surface area contributed by atoms with E-state index in [0.717, 1.165) is 24.1 Å². The molecule has 0 radical (unpaired) electrons. The molecule has 1 aliphatic rings. The van der Waals surface area contributed by atoms with Crippen LogP contribution in [0.25, 0.3) is 0 Å². The van der Waals surface area contributed by atoms with Crippen molar-refractivity contribution >= 4 is 11.9 Å². The highest BCUT2D eigenvalue weighted by molar-refractivity contribution is 5.79. The molecule has 1 aromatic carbocycles. The zero-order chi connectivity index (χ0) is 18.6. The number of β-amino-alcohol motifs (C(OH)–C–C–N with tert-alkyl or cyclic N) is 1. The molecule has 1 aromatic heterocycles. The predicted octanol–water partition coefficient (Wildman–Crippen LogP) is 1.61. The number of carbonyl (C=O) groups excluding carboxylic acids is 1. The van der Waals surface area contributed by atoms with Crippen LogP contribution in [0.5, 0.6) is 0 Å². The second-order valence-corrected chi connectivity index (χ2v) is 6.82. The number of nitrogens with zero attached hydrogens (tertiary/aromatic N) is 3. The Labute approximate surface area is 152 Å². The maximum Gasteiger partial charge on any atom is 0.225 e. The van der Waals surface area contributed by atoms with Crippen molar-refractivity contribution in [1.29, 1.82) is 0 Å². The number of carbonyl (C=O) groups is 1. The van der Waals surface area contributed by atoms with Crippen molar-refractivity contribution in [3.63, 3.8) is 0 Å². The van der Waals surface area contributed by atoms with Crippen LogP contribution in [0, 0.1) is 12.7 Å². The van der Waals surface area contributed by atoms with Gasteiger partial charge in [-0.3, -0.25) is 4.79 Å². The van der Waals surface area contributed by atoms with Crippen LogP contribution in [0.2, 0.25) is 0 Å². The number of amides is 1. The lowest BCUT2D eigenvalue weighted by Gasteiger charge is -2.39. The Kier molecular flexibility index (Phi) is 5.46. The number of anilines is 1. The summed E-state index contributed by atoms with van der Waals surface area (Å²) in [5.74, 6) is 0.0755. The number of piperidine rings is 1. The zero-order valence-corrected chi connectivity index (χ0v) is 14.8. The van der Waals surface area contributed by atoms with Crippen molar-refractivity contribution in [2.75, 3.05) is 24.5 Å². The molecule has 0 unspecified atom stereocenters. The minimum Gasteiger partial charge on any atom is -0.386 e. The lowest BCUT2D eigenvalue weighted by atomic mass is 9.92. The van der Waals surface area contributed by atoms with E-state index in [2.05, 4.69) is 15.3 Å². The van der Waals surface area contributed by atoms with Gasteiger partial charge in [0.1, 0.15) is 5.82 Å². The first-order chi connectivity index (χ1) is 12.5. The summed E-state index contributed by atoms with van der Waals surface area (Å²) in [5.41, 5.74) is 0.494. The summed E-state index contributed by atoms with van der Waals surface area (Å²) in [7, 11) is 0. The van der Waals surface area contributed by atoms with Gasteiger partial charge in [0, 0.05) is 25.5 Å². The number of rotatable bonds is 5. The molecular weight excluding hydrogens is 335 g/mol. The highest BCUT2D eigenvalue weighted by Crippen LogP contribution is 2.23. The average molecular weight is 358 g/mol. The number of benzene rings is 1. The van der Waals surface area contributed by atoms with Crippen molar-refractivity contribution in [1.82, 2.24) is 15.3 Å². The predicted molar refractivity (Wildman–Crippen MR) is 96.3 cm³/mol. The van der Waals surface area contributed by atoms with E-state index in [-0.39, 0.29) is 24.7 Å². The van der Waals surface area contributed by atoms with Crippen LogP contribution < -0.4 is 10.2 Å². The molecule has 3 rings (SSSR count). The Hall–Kier alpha value is -2.54. The SMILES string of the molecule is Cc1cc(F)ccc1CC(=O)NC[C@@]1(O)CCCN(c2ncccn2)C1. The monoisotopic (exact) mass is 358 g/mol. The van der Waals surface area contributed by atoms with Crippen molar-refractivity contribution < 1.29 is 14.3 Å². The van der Waals surface area contributed by atoms with Gasteiger partial charge in [-0.15, -0.1) is 0 Å². The molecule has 0 aliphatic carbocycles. The second kappa shape index (κ2) is 7.78. The lowest BCUT2D eigenvalue weighted by Crippen LogP contribution is -2.54. The van der Waals surface area contributed by atoms with Crippen LogP contribution in [0.1, 0.15) is 24.0 Å². The molecule has 0 spiro atoms. The van der Waals surface area contributed by atoms with Gasteiger partial charge >= 0.3 is 0 Å². The quantitative estimate of drug-likeness (QED) is 0.849. The molecular formula is C19H23FN4O2. The molecule has 1 fully saturated rings. The van der Waals surface area contributed by atoms with E-state index in [1.165, 1.54) is 12.1 Å². The van der Waals surface area contributed by atoms with Crippen LogP contribution in [0.4, 0.5) is 10.3 Å². The molecule has 2 aromatic rings. The molecule has 0 bridgehead atoms. The minimum atomic E-state index is -1.02. The largest absolute Gasteiger partial charge is 0.386 e. The van der Waals surface area contributed by atoms with Gasteiger partial charge in [0.25, 0.3) is 0 Å². The topological polar surface area (TPSA) is 78.4 Å². The highest BCUT2D eigenvalue weighted by Gasteiger charge is 2.34. The van der Waals surface area contributed by atoms with E-state index in [0.29, 0.717) is 18.9 Å². The first-order valence-corrected chi connectivity index (χ1v) is 8.71. The fourth-order valence-electron chi connectivity index (χ4n) is 3.24. The fourth-order valence-corrected chi connectivity index (χ4v) is 3.24. The minimum absolute atomic E-state index is 0.160. The maximum absolute atomic E-state index is 13.2. The molecule has 1 amide bonds. The smallest absolute Gasteiger partial charge is 0.225 e. The van der Waals surface area contributed by atoms with Crippen molar-refractivity contribution in [3.05, 3.63) is 53.6 Å². The van der Waals surface area contributed by atoms with Gasteiger partial charge in [-0.1, -0.05) is 6.07 Å². The summed E-state index contributed by atoms with van der Waals surface area (Å²) in [6.07, 6.45) is 4.90. The van der Waals surface area contributed by atoms with Crippen LogP contribution >= 0.6 is 0 Å². The van der Waals surface area contributed by atoms with E-state index in [1.807, 2.05) is 4.90 Å². The number of halogens is 1. The van der Waals surface area contributed by atoms with E-state index < -0.39 is 5.60 Å². The lowest BCUT2D eigenvalue weighted by molar-refractivity contribution is -0.121. The molecule has 6 nitrogen and oxygen atoms in total. The first kappa shape index (κ1) is 18.3. The molecule has 1 aliphatic heterocycles. The Morgan fingerprint density at radius 2 is 2.15 bits per heavy atom. The van der Waals surface area contributed by atoms with Gasteiger partial charge in [-0.25, -0.2) is 14.4 Å². The molecule has 2 N–H and O–H groups in total. The third-order valence-electron chi connectivity index (χ3n) is 4.66. The average Bonchev–Trinajstić information content (AvgIpc) is 2.63. The van der Waals surface area contributed by atoms with Gasteiger partial charge in [0.15, 0.2) is 0 Å². The number of hydrogen-bond donors (Lipinski definition) is 2. The van der Waals surface area contributed by atoms with Gasteiger partial charge in [-0.05, 0) is 49.1 Å². The Balaban J connectivity index is 1.56. The van der Waals surface area contributed by atoms with Crippen molar-refractivity contribution in [2.24, 2.45) is 0 Å². The van der Waals surface area contributed by atoms with Gasteiger partial charge < -0.3 is 15.3 Å². The molecule has 1 saturated heterocycles. The third kappa shape index (κ3) is 4.54. The first-order valence-electron chi connectivity index (χ1n) is 8.71. The Bertz CT molecular complexity index is 771. The number of aromatic nitrogens is 2. The second-order valence-electron chi connectivity index (χ2n) is 6.82. The summed E-state index contributed by atoms with van der Waals surface area (Å²) in [6.45, 7) is 3.08. The summed E-state index contributed by atoms with van der Waals surface area (Å²) >= 11 is 0. The van der Waals surface area contributed by atoms with Crippen molar-refractivity contribution in [3.8, 4) is 0 Å². The van der Waals surface area contributed by atoms with E-state index in [9.17, 15) is 14.3 Å². The fraction of sp³-hybridized carbons (Fsp3) is 0.421. The number of aryl methyl sites for hydroxylation is 1. The zero-order valence-electron chi connectivity index (χ0n) is 14.8. The standard InChI is InChI=1S/C19H23FN4O2/c1-14-10-16(20)5-4-15(14)11-17(25)23-12-19(26)6-2-9-24(13-19)18-21-7-3-8-22-18/h3-5,7-8,10,26H,2,6,9,11-13H2,1H3,(H,23,25)/t19-/m0/s1. The third-order valence-corrected chi connectivity index (χ3v) is 4.66. The maximum atomic E-state index is 13.2. The molecule has 2 heterocycles. The molecule has 138 valence electrons. The van der Waals surface area contributed by atoms with Gasteiger partial charge in [0.05, 0.1) is 18.6 Å². The Morgan fingerprint density at radius 1 is 1.38 bits per heavy atom. The van der Waals surface area contributed by atoms with Gasteiger partial charge in [0.2, 0.25) is 11.9 Å². The summed E-state index contributed by atoms with van der Waals surface area (Å²) in [5, 5.41) is 13.7. The van der Waals surface area contributed by atoms with Crippen LogP contribution in [0.3, 0.4) is 0 Å². The highest BCUT2D eigenvalue weighted by atomic mass is 19.1. The van der Waals surface area contributed by atoms with E-state index in [4.69, 9.17) is 0 Å². The van der Waals surface area contributed by atoms with Crippen molar-refractivity contribution in [2.45, 2.75) is 31.8 Å². The van der Waals surface area contributed by atoms with Crippen LogP contribution in [-0.4, -0.2) is 46.2 Å². The summed E-state index contributed by atoms with van der Waals surface area (Å²) in [4.78, 5) is 22.6. The molecule has 0 saturated carbocycles. The van der Waals surface area contributed by atoms with E-state index >= 15 is 0 Å². The molecule has 26 heavy (non-hydrogen) atoms. The van der Waals surface area contributed by atoms with Crippen LogP contribution in [0.15, 0.2) is 36.7 Å². The van der Waals surface area contributed by atoms with Gasteiger partial charge in [-0.2, -0.15) is 0 Å². The molecule has 7 heteroatoms. The summed E-state index contributed by atoms with van der Waals surface area (Å²) in [6, 6.07) is 6.13. The number of nitrogens with one attached hydrogen (secondary N) is 1. The summed E-state index contributed by atoms with van der Waals surface area (Å²) < 4.78 is 13.2. The number of hydrogen-bond acceptors (Lipinski definition) is 5. The molecule has 1 atom stereocenters.